The zero-order valence-corrected chi connectivity index (χ0v) is 22.9. The van der Waals surface area contributed by atoms with Crippen LogP contribution in [0.4, 0.5) is 0 Å². The number of aliphatic hydroxyl groups is 1. The summed E-state index contributed by atoms with van der Waals surface area (Å²) >= 11 is 0. The number of carbonyl (C=O) groups is 3. The van der Waals surface area contributed by atoms with Crippen molar-refractivity contribution in [2.45, 2.75) is 89.8 Å². The van der Waals surface area contributed by atoms with Gasteiger partial charge in [0.15, 0.2) is 5.78 Å². The molecule has 5 aliphatic rings. The monoisotopic (exact) mass is 528 g/mol. The highest BCUT2D eigenvalue weighted by Crippen LogP contribution is 2.79. The normalized spacial score (nSPS) is 46.5. The summed E-state index contributed by atoms with van der Waals surface area (Å²) in [6.07, 6.45) is 4.25. The second-order valence-corrected chi connectivity index (χ2v) is 13.0. The number of hydrogen-bond donors (Lipinski definition) is 1. The molecule has 9 heteroatoms. The number of allylic oxidation sites excluding steroid dienone is 2. The summed E-state index contributed by atoms with van der Waals surface area (Å²) in [6, 6.07) is 1.96. The number of carbonyl (C=O) groups excluding carboxylic acids is 3. The summed E-state index contributed by atoms with van der Waals surface area (Å²) in [5, 5.41) is 12.6. The molecule has 0 radical (unpaired) electrons. The van der Waals surface area contributed by atoms with E-state index in [-0.39, 0.29) is 17.8 Å². The van der Waals surface area contributed by atoms with Crippen LogP contribution in [0.1, 0.15) is 65.9 Å². The maximum atomic E-state index is 13.5. The van der Waals surface area contributed by atoms with Gasteiger partial charge in [0, 0.05) is 41.1 Å². The average Bonchev–Trinajstić information content (AvgIpc) is 3.08. The second-order valence-electron chi connectivity index (χ2n) is 13.0. The third-order valence-corrected chi connectivity index (χ3v) is 10.9. The van der Waals surface area contributed by atoms with Crippen LogP contribution in [0, 0.1) is 28.1 Å². The van der Waals surface area contributed by atoms with Crippen molar-refractivity contribution in [1.29, 1.82) is 0 Å². The number of ketones is 1. The highest BCUT2D eigenvalue weighted by Gasteiger charge is 2.88. The maximum absolute atomic E-state index is 13.5. The summed E-state index contributed by atoms with van der Waals surface area (Å²) in [7, 11) is 1.22. The molecule has 206 valence electrons. The predicted octanol–water partition coefficient (Wildman–Crippen LogP) is 3.30. The molecule has 3 aliphatic carbocycles. The Kier molecular flexibility index (Phi) is 5.06. The fourth-order valence-electron chi connectivity index (χ4n) is 9.57. The Labute approximate surface area is 221 Å². The van der Waals surface area contributed by atoms with E-state index in [0.29, 0.717) is 12.2 Å². The minimum absolute atomic E-state index is 0.0955. The number of rotatable bonds is 4. The lowest BCUT2D eigenvalue weighted by Crippen LogP contribution is -2.69. The smallest absolute Gasteiger partial charge is 0.347 e. The van der Waals surface area contributed by atoms with Crippen LogP contribution in [0.15, 0.2) is 34.8 Å². The number of furan rings is 1. The van der Waals surface area contributed by atoms with Crippen LogP contribution in [-0.2, 0) is 33.3 Å². The first-order valence-corrected chi connectivity index (χ1v) is 13.3. The van der Waals surface area contributed by atoms with E-state index in [1.165, 1.54) is 20.1 Å². The molecule has 0 aromatic carbocycles. The Morgan fingerprint density at radius 1 is 1.18 bits per heavy atom. The number of fused-ring (bicyclic) bond motifs is 3. The molecule has 0 amide bonds. The Hall–Kier alpha value is -2.65. The first kappa shape index (κ1) is 25.6. The van der Waals surface area contributed by atoms with Crippen molar-refractivity contribution < 1.29 is 42.9 Å². The molecule has 10 atom stereocenters. The van der Waals surface area contributed by atoms with Gasteiger partial charge in [0.05, 0.1) is 25.7 Å². The first-order chi connectivity index (χ1) is 17.7. The lowest BCUT2D eigenvalue weighted by Gasteiger charge is -2.58. The van der Waals surface area contributed by atoms with Crippen LogP contribution >= 0.6 is 0 Å². The van der Waals surface area contributed by atoms with Gasteiger partial charge in [-0.15, -0.1) is 0 Å². The number of epoxide rings is 1. The molecule has 0 unspecified atom stereocenters. The van der Waals surface area contributed by atoms with Gasteiger partial charge in [-0.25, -0.2) is 4.79 Å². The van der Waals surface area contributed by atoms with Gasteiger partial charge in [-0.3, -0.25) is 9.59 Å². The van der Waals surface area contributed by atoms with Gasteiger partial charge >= 0.3 is 11.9 Å². The van der Waals surface area contributed by atoms with Crippen LogP contribution in [-0.4, -0.2) is 59.5 Å². The molecule has 0 bridgehead atoms. The zero-order valence-electron chi connectivity index (χ0n) is 22.9. The average molecular weight is 529 g/mol. The fourth-order valence-corrected chi connectivity index (χ4v) is 9.57. The predicted molar refractivity (Wildman–Crippen MR) is 131 cm³/mol. The van der Waals surface area contributed by atoms with Gasteiger partial charge in [-0.05, 0) is 37.3 Å². The van der Waals surface area contributed by atoms with Gasteiger partial charge < -0.3 is 28.5 Å². The Bertz CT molecular complexity index is 1240. The minimum Gasteiger partial charge on any atom is -0.494 e. The van der Waals surface area contributed by atoms with Crippen molar-refractivity contribution in [3.05, 3.63) is 36.0 Å². The third-order valence-electron chi connectivity index (χ3n) is 10.9. The molecule has 2 saturated carbocycles. The second kappa shape index (κ2) is 7.50. The Balaban J connectivity index is 1.51. The van der Waals surface area contributed by atoms with E-state index in [0.717, 1.165) is 12.0 Å². The Morgan fingerprint density at radius 3 is 2.50 bits per heavy atom. The molecule has 1 N–H and O–H groups in total. The first-order valence-electron chi connectivity index (χ1n) is 13.3. The maximum Gasteiger partial charge on any atom is 0.347 e. The highest BCUT2D eigenvalue weighted by molar-refractivity contribution is 5.97. The molecular weight excluding hydrogens is 492 g/mol. The van der Waals surface area contributed by atoms with Crippen molar-refractivity contribution >= 4 is 17.7 Å². The minimum atomic E-state index is -1.40. The van der Waals surface area contributed by atoms with Crippen LogP contribution in [0.5, 0.6) is 0 Å². The van der Waals surface area contributed by atoms with Gasteiger partial charge in [0.2, 0.25) is 6.10 Å². The summed E-state index contributed by atoms with van der Waals surface area (Å²) in [4.78, 5) is 38.8. The van der Waals surface area contributed by atoms with E-state index in [2.05, 4.69) is 6.92 Å². The molecule has 1 aromatic heterocycles. The summed E-state index contributed by atoms with van der Waals surface area (Å²) < 4.78 is 29.1. The number of methoxy groups -OCH3 is 1. The topological polar surface area (TPSA) is 125 Å². The molecule has 38 heavy (non-hydrogen) atoms. The molecule has 9 nitrogen and oxygen atoms in total. The molecule has 1 aromatic rings. The number of ether oxygens (including phenoxy) is 4. The van der Waals surface area contributed by atoms with E-state index < -0.39 is 63.4 Å². The van der Waals surface area contributed by atoms with Crippen LogP contribution in [0.3, 0.4) is 0 Å². The molecule has 1 spiro atoms. The van der Waals surface area contributed by atoms with E-state index >= 15 is 0 Å². The van der Waals surface area contributed by atoms with E-state index in [1.54, 1.807) is 33.3 Å². The summed E-state index contributed by atoms with van der Waals surface area (Å²) in [6.45, 7) is 10.6. The number of hydrogen-bond acceptors (Lipinski definition) is 9. The number of esters is 2. The summed E-state index contributed by atoms with van der Waals surface area (Å²) in [5.41, 5.74) is -3.82. The van der Waals surface area contributed by atoms with Gasteiger partial charge in [-0.1, -0.05) is 27.7 Å². The lowest BCUT2D eigenvalue weighted by atomic mass is 9.44. The zero-order chi connectivity index (χ0) is 27.6. The molecular formula is C29H36O9. The van der Waals surface area contributed by atoms with Crippen molar-refractivity contribution in [1.82, 2.24) is 0 Å². The van der Waals surface area contributed by atoms with Crippen molar-refractivity contribution in [2.75, 3.05) is 7.11 Å². The Morgan fingerprint density at radius 2 is 1.89 bits per heavy atom. The van der Waals surface area contributed by atoms with Crippen molar-refractivity contribution in [2.24, 2.45) is 28.1 Å². The van der Waals surface area contributed by atoms with Gasteiger partial charge in [0.1, 0.15) is 23.1 Å². The molecule has 2 saturated heterocycles. The standard InChI is InChI=1S/C29H36O9/c1-14(30)36-21(24(32)34-7)23-25(2,3)18(31)11-19-27(23,5)22-17(37-19)12-26(4)16(15-8-9-35-13-15)10-20-29(26,38-20)28(22,6)33/h8-9,11,13,16-17,20-23,33H,10,12H2,1-7H3/t16-,17+,20+,21+,22+,23-,26-,27+,28+,29+/m0/s1. The van der Waals surface area contributed by atoms with Crippen molar-refractivity contribution in [3.8, 4) is 0 Å². The SMILES string of the molecule is COC(=O)[C@H](OC(C)=O)[C@H]1C(C)(C)C(=O)C=C2O[C@@H]3C[C@@]4(C)[C@H](c5ccoc5)C[C@H]5O[C@]54[C@](C)(O)[C@H]3[C@@]21C. The van der Waals surface area contributed by atoms with Crippen LogP contribution in [0.25, 0.3) is 0 Å². The quantitative estimate of drug-likeness (QED) is 0.463. The third kappa shape index (κ3) is 2.77. The molecule has 3 heterocycles. The molecule has 4 fully saturated rings. The van der Waals surface area contributed by atoms with E-state index in [1.807, 2.05) is 13.0 Å². The largest absolute Gasteiger partial charge is 0.494 e. The highest BCUT2D eigenvalue weighted by atomic mass is 16.6. The van der Waals surface area contributed by atoms with E-state index in [9.17, 15) is 19.5 Å². The summed E-state index contributed by atoms with van der Waals surface area (Å²) in [5.74, 6) is -2.57. The van der Waals surface area contributed by atoms with Gasteiger partial charge in [-0.2, -0.15) is 0 Å². The van der Waals surface area contributed by atoms with Crippen LogP contribution < -0.4 is 0 Å². The molecule has 2 aliphatic heterocycles. The van der Waals surface area contributed by atoms with Crippen LogP contribution in [0.2, 0.25) is 0 Å². The van der Waals surface area contributed by atoms with E-state index in [4.69, 9.17) is 23.4 Å². The lowest BCUT2D eigenvalue weighted by molar-refractivity contribution is -0.211. The molecule has 6 rings (SSSR count). The van der Waals surface area contributed by atoms with Crippen molar-refractivity contribution in [3.63, 3.8) is 0 Å². The van der Waals surface area contributed by atoms with Gasteiger partial charge in [0.25, 0.3) is 0 Å². The fraction of sp³-hybridized carbons (Fsp3) is 0.690.